The van der Waals surface area contributed by atoms with E-state index in [1.165, 1.54) is 37.5 Å². The van der Waals surface area contributed by atoms with Gasteiger partial charge >= 0.3 is 11.9 Å². The molecule has 70 heavy (non-hydrogen) atoms. The zero-order valence-corrected chi connectivity index (χ0v) is 39.1. The lowest BCUT2D eigenvalue weighted by Gasteiger charge is -2.57. The first-order valence-electron chi connectivity index (χ1n) is 24.8. The number of benzene rings is 6. The number of nitrogens with one attached hydrogen (secondary N) is 3. The van der Waals surface area contributed by atoms with Gasteiger partial charge in [-0.25, -0.2) is 9.59 Å². The van der Waals surface area contributed by atoms with Crippen LogP contribution in [-0.4, -0.2) is 42.2 Å². The quantitative estimate of drug-likeness (QED) is 0.0872. The summed E-state index contributed by atoms with van der Waals surface area (Å²) in [7, 11) is 0. The number of fused-ring (bicyclic) bond motifs is 1. The molecule has 0 aromatic heterocycles. The average Bonchev–Trinajstić information content (AvgIpc) is 3.38. The van der Waals surface area contributed by atoms with Gasteiger partial charge in [0, 0.05) is 30.5 Å². The first-order chi connectivity index (χ1) is 34.2. The van der Waals surface area contributed by atoms with Gasteiger partial charge in [-0.3, -0.25) is 14.4 Å². The number of hydrogen-bond acceptors (Lipinski definition) is 7. The number of carbonyl (C=O) groups is 5. The van der Waals surface area contributed by atoms with E-state index in [1.54, 1.807) is 0 Å². The summed E-state index contributed by atoms with van der Waals surface area (Å²) in [5, 5.41) is 9.60. The molecule has 6 aromatic carbocycles. The van der Waals surface area contributed by atoms with Crippen molar-refractivity contribution in [2.24, 2.45) is 35.0 Å². The normalized spacial score (nSPS) is 24.6. The molecule has 0 spiro atoms. The summed E-state index contributed by atoms with van der Waals surface area (Å²) >= 11 is 0. The van der Waals surface area contributed by atoms with Crippen LogP contribution < -0.4 is 16.0 Å². The highest BCUT2D eigenvalue weighted by Crippen LogP contribution is 2.61. The van der Waals surface area contributed by atoms with Gasteiger partial charge in [-0.2, -0.15) is 0 Å². The molecule has 4 saturated carbocycles. The van der Waals surface area contributed by atoms with Crippen LogP contribution in [0.15, 0.2) is 158 Å². The Hall–Kier alpha value is -7.33. The highest BCUT2D eigenvalue weighted by atomic mass is 16.5. The maximum atomic E-state index is 15.5. The van der Waals surface area contributed by atoms with Crippen molar-refractivity contribution in [1.82, 2.24) is 10.6 Å². The van der Waals surface area contributed by atoms with Crippen LogP contribution in [0.2, 0.25) is 0 Å². The van der Waals surface area contributed by atoms with Crippen molar-refractivity contribution in [3.63, 3.8) is 0 Å². The molecule has 10 heteroatoms. The zero-order valence-electron chi connectivity index (χ0n) is 39.1. The van der Waals surface area contributed by atoms with Gasteiger partial charge in [0.25, 0.3) is 0 Å². The summed E-state index contributed by atoms with van der Waals surface area (Å²) < 4.78 is 11.3. The Morgan fingerprint density at radius 2 is 0.929 bits per heavy atom. The van der Waals surface area contributed by atoms with E-state index < -0.39 is 47.5 Å². The van der Waals surface area contributed by atoms with Crippen LogP contribution in [-0.2, 0) is 43.5 Å². The van der Waals surface area contributed by atoms with E-state index in [9.17, 15) is 14.4 Å². The maximum absolute atomic E-state index is 15.5. The first-order valence-corrected chi connectivity index (χ1v) is 24.8. The van der Waals surface area contributed by atoms with E-state index >= 15 is 9.59 Å². The Morgan fingerprint density at radius 1 is 0.514 bits per heavy atom. The van der Waals surface area contributed by atoms with E-state index in [4.69, 9.17) is 9.47 Å². The fraction of sp³-hybridized carbons (Fsp3) is 0.317. The second kappa shape index (κ2) is 19.2. The lowest BCUT2D eigenvalue weighted by Crippen LogP contribution is -2.57. The summed E-state index contributed by atoms with van der Waals surface area (Å²) in [5.74, 6) is -2.66. The predicted molar refractivity (Wildman–Crippen MR) is 265 cm³/mol. The Kier molecular flexibility index (Phi) is 12.4. The Bertz CT molecular complexity index is 2780. The summed E-state index contributed by atoms with van der Waals surface area (Å²) in [6.45, 7) is 0.601. The number of anilines is 1. The van der Waals surface area contributed by atoms with Crippen LogP contribution in [0.1, 0.15) is 110 Å². The molecule has 4 fully saturated rings. The molecule has 3 atom stereocenters. The average molecular weight is 932 g/mol. The van der Waals surface area contributed by atoms with E-state index in [0.29, 0.717) is 6.54 Å². The van der Waals surface area contributed by atoms with Gasteiger partial charge in [-0.05, 0) is 119 Å². The third-order valence-electron chi connectivity index (χ3n) is 15.9. The van der Waals surface area contributed by atoms with Crippen LogP contribution in [0.4, 0.5) is 5.69 Å². The number of hydrogen-bond donors (Lipinski definition) is 3. The van der Waals surface area contributed by atoms with Gasteiger partial charge in [0.15, 0.2) is 0 Å². The molecule has 7 aliphatic carbocycles. The molecule has 0 unspecified atom stereocenters. The predicted octanol–water partition coefficient (Wildman–Crippen LogP) is 9.92. The molecule has 10 nitrogen and oxygen atoms in total. The Morgan fingerprint density at radius 3 is 1.39 bits per heavy atom. The van der Waals surface area contributed by atoms with Crippen molar-refractivity contribution in [2.75, 3.05) is 11.9 Å². The summed E-state index contributed by atoms with van der Waals surface area (Å²) in [4.78, 5) is 72.8. The number of ether oxygens (including phenoxy) is 2. The van der Waals surface area contributed by atoms with Gasteiger partial charge in [-0.1, -0.05) is 140 Å². The van der Waals surface area contributed by atoms with Crippen LogP contribution in [0, 0.1) is 35.0 Å². The van der Waals surface area contributed by atoms with Gasteiger partial charge in [-0.15, -0.1) is 0 Å². The molecular weight excluding hydrogens is 875 g/mol. The minimum atomic E-state index is -1.13. The smallest absolute Gasteiger partial charge is 0.338 e. The molecule has 0 aliphatic heterocycles. The van der Waals surface area contributed by atoms with E-state index in [0.717, 1.165) is 76.0 Å². The molecule has 0 radical (unpaired) electrons. The van der Waals surface area contributed by atoms with Gasteiger partial charge in [0.05, 0.1) is 23.0 Å². The molecule has 3 N–H and O–H groups in total. The monoisotopic (exact) mass is 931 g/mol. The van der Waals surface area contributed by atoms with Crippen LogP contribution in [0.3, 0.4) is 0 Å². The third kappa shape index (κ3) is 9.15. The molecule has 0 heterocycles. The van der Waals surface area contributed by atoms with Crippen LogP contribution in [0.5, 0.6) is 0 Å². The minimum Gasteiger partial charge on any atom is -0.457 e. The van der Waals surface area contributed by atoms with E-state index in [2.05, 4.69) is 40.2 Å². The maximum Gasteiger partial charge on any atom is 0.338 e. The standard InChI is InChI=1S/C60H57N3O7/c64-55(62-45-29-43(58(67)69-34-38-16-6-2-7-17-38)28-44(30-45)59(68)70-35-39-18-8-3-9-19-39)50(27-37-14-4-1-5-15-37)63-57(66)54-52-48-22-12-10-20-46(48)51(47-21-11-13-23-49(47)52)53(54)56(65)61-36-60-31-40-24-41(32-60)26-42(25-40)33-60/h1-23,28-30,40-42,50-54H,24-27,31-36H2,(H,61,65)(H,62,64)(H,63,66)/t40?,41?,42?,50-,51?,52?,53-,54+,60?/m0/s1. The van der Waals surface area contributed by atoms with Gasteiger partial charge < -0.3 is 25.4 Å². The summed E-state index contributed by atoms with van der Waals surface area (Å²) in [5.41, 5.74) is 6.81. The van der Waals surface area contributed by atoms with Crippen molar-refractivity contribution < 1.29 is 33.4 Å². The molecule has 354 valence electrons. The molecule has 0 saturated heterocycles. The Balaban J connectivity index is 0.900. The SMILES string of the molecule is O=C(OCc1ccccc1)c1cc(NC(=O)[C@H](Cc2ccccc2)NC(=O)[C@@H]2C3c4ccccc4C(c4ccccc43)[C@@H]2C(=O)NCC23CC4CC(CC(C4)C2)C3)cc(C(=O)OCc2ccccc2)c1. The number of carbonyl (C=O) groups excluding carboxylic acids is 5. The number of amides is 3. The molecule has 13 rings (SSSR count). The highest BCUT2D eigenvalue weighted by molar-refractivity contribution is 6.02. The summed E-state index contributed by atoms with van der Waals surface area (Å²) in [6, 6.07) is 47.4. The number of rotatable bonds is 15. The fourth-order valence-electron chi connectivity index (χ4n) is 13.3. The number of esters is 2. The highest BCUT2D eigenvalue weighted by Gasteiger charge is 2.56. The van der Waals surface area contributed by atoms with Crippen LogP contribution in [0.25, 0.3) is 0 Å². The van der Waals surface area contributed by atoms with Crippen molar-refractivity contribution in [3.05, 3.63) is 208 Å². The minimum absolute atomic E-state index is 0.00548. The van der Waals surface area contributed by atoms with E-state index in [1.807, 2.05) is 115 Å². The largest absolute Gasteiger partial charge is 0.457 e. The Labute approximate surface area is 408 Å². The van der Waals surface area contributed by atoms with E-state index in [-0.39, 0.29) is 53.7 Å². The van der Waals surface area contributed by atoms with Crippen molar-refractivity contribution in [2.45, 2.75) is 76.0 Å². The van der Waals surface area contributed by atoms with Crippen molar-refractivity contribution in [1.29, 1.82) is 0 Å². The third-order valence-corrected chi connectivity index (χ3v) is 15.9. The van der Waals surface area contributed by atoms with Crippen molar-refractivity contribution >= 4 is 35.3 Å². The van der Waals surface area contributed by atoms with Gasteiger partial charge in [0.1, 0.15) is 19.3 Å². The lowest BCUT2D eigenvalue weighted by molar-refractivity contribution is -0.139. The second-order valence-corrected chi connectivity index (χ2v) is 20.6. The molecule has 3 amide bonds. The fourth-order valence-corrected chi connectivity index (χ4v) is 13.3. The second-order valence-electron chi connectivity index (χ2n) is 20.6. The van der Waals surface area contributed by atoms with Crippen molar-refractivity contribution in [3.8, 4) is 0 Å². The van der Waals surface area contributed by atoms with Crippen LogP contribution >= 0.6 is 0 Å². The lowest BCUT2D eigenvalue weighted by atomic mass is 9.49. The van der Waals surface area contributed by atoms with Gasteiger partial charge in [0.2, 0.25) is 17.7 Å². The first kappa shape index (κ1) is 45.1. The molecular formula is C60H57N3O7. The molecule has 7 aliphatic rings. The topological polar surface area (TPSA) is 140 Å². The molecule has 6 aromatic rings. The zero-order chi connectivity index (χ0) is 47.8. The molecule has 6 bridgehead atoms. The summed E-state index contributed by atoms with van der Waals surface area (Å²) in [6.07, 6.45) is 7.50.